The molecule has 0 fully saturated rings. The number of benzene rings is 1. The zero-order chi connectivity index (χ0) is 19.7. The predicted molar refractivity (Wildman–Crippen MR) is 98.2 cm³/mol. The third-order valence-electron chi connectivity index (χ3n) is 3.70. The molecule has 27 heavy (non-hydrogen) atoms. The van der Waals surface area contributed by atoms with Crippen LogP contribution in [0.1, 0.15) is 38.4 Å². The van der Waals surface area contributed by atoms with Gasteiger partial charge in [-0.1, -0.05) is 24.7 Å². The Morgan fingerprint density at radius 3 is 2.41 bits per heavy atom. The molecule has 0 saturated heterocycles. The second-order valence-corrected chi connectivity index (χ2v) is 6.78. The highest BCUT2D eigenvalue weighted by molar-refractivity contribution is 7.23. The summed E-state index contributed by atoms with van der Waals surface area (Å²) < 4.78 is 12.1. The van der Waals surface area contributed by atoms with Crippen molar-refractivity contribution in [3.05, 3.63) is 33.7 Å². The first kappa shape index (κ1) is 18.5. The van der Waals surface area contributed by atoms with Crippen LogP contribution in [0.25, 0.3) is 15.2 Å². The van der Waals surface area contributed by atoms with Crippen LogP contribution in [0.2, 0.25) is 0 Å². The molecule has 2 heterocycles. The largest absolute Gasteiger partial charge is 0.423 e. The molecule has 3 aromatic rings. The lowest BCUT2D eigenvalue weighted by Gasteiger charge is -2.08. The number of carbonyl (C=O) groups excluding carboxylic acids is 2. The van der Waals surface area contributed by atoms with Crippen molar-refractivity contribution in [1.82, 2.24) is 9.38 Å². The molecule has 0 radical (unpaired) electrons. The highest BCUT2D eigenvalue weighted by atomic mass is 32.1. The molecule has 0 aliphatic rings. The molecule has 9 heteroatoms. The van der Waals surface area contributed by atoms with Crippen LogP contribution in [0.5, 0.6) is 11.5 Å². The number of fused-ring (bicyclic) bond motifs is 3. The molecule has 0 aliphatic heterocycles. The zero-order valence-electron chi connectivity index (χ0n) is 14.9. The van der Waals surface area contributed by atoms with Gasteiger partial charge >= 0.3 is 11.9 Å². The number of nitriles is 1. The van der Waals surface area contributed by atoms with Crippen LogP contribution in [0, 0.1) is 11.3 Å². The Balaban J connectivity index is 2.37. The number of aryl methyl sites for hydroxylation is 1. The van der Waals surface area contributed by atoms with Crippen molar-refractivity contribution in [2.24, 2.45) is 0 Å². The van der Waals surface area contributed by atoms with Gasteiger partial charge in [-0.2, -0.15) is 5.26 Å². The average molecular weight is 385 g/mol. The Kier molecular flexibility index (Phi) is 4.92. The van der Waals surface area contributed by atoms with Crippen molar-refractivity contribution in [1.29, 1.82) is 5.26 Å². The summed E-state index contributed by atoms with van der Waals surface area (Å²) in [6.45, 7) is 4.38. The molecule has 138 valence electrons. The fourth-order valence-electron chi connectivity index (χ4n) is 2.71. The Hall–Kier alpha value is -3.25. The van der Waals surface area contributed by atoms with Gasteiger partial charge in [0.25, 0.3) is 5.56 Å². The van der Waals surface area contributed by atoms with Gasteiger partial charge < -0.3 is 9.47 Å². The number of aromatic nitrogens is 2. The average Bonchev–Trinajstić information content (AvgIpc) is 2.92. The number of hydrogen-bond donors (Lipinski definition) is 0. The van der Waals surface area contributed by atoms with E-state index >= 15 is 0 Å². The van der Waals surface area contributed by atoms with E-state index in [-0.39, 0.29) is 17.1 Å². The summed E-state index contributed by atoms with van der Waals surface area (Å²) in [5, 5.41) is 9.38. The summed E-state index contributed by atoms with van der Waals surface area (Å²) in [5.74, 6) is -1.10. The Morgan fingerprint density at radius 1 is 1.22 bits per heavy atom. The normalized spacial score (nSPS) is 10.7. The summed E-state index contributed by atoms with van der Waals surface area (Å²) in [5.41, 5.74) is 0.384. The van der Waals surface area contributed by atoms with Crippen LogP contribution in [0.4, 0.5) is 0 Å². The fraction of sp³-hybridized carbons (Fsp3) is 0.278. The highest BCUT2D eigenvalue weighted by Gasteiger charge is 2.19. The van der Waals surface area contributed by atoms with Gasteiger partial charge in [-0.3, -0.25) is 14.4 Å². The fourth-order valence-corrected chi connectivity index (χ4v) is 3.75. The van der Waals surface area contributed by atoms with E-state index < -0.39 is 17.5 Å². The molecule has 0 aliphatic carbocycles. The lowest BCUT2D eigenvalue weighted by Crippen LogP contribution is -2.19. The van der Waals surface area contributed by atoms with E-state index in [4.69, 9.17) is 9.47 Å². The minimum atomic E-state index is -0.601. The number of nitrogens with zero attached hydrogens (tertiary/aromatic N) is 3. The first-order valence-corrected chi connectivity index (χ1v) is 8.96. The minimum absolute atomic E-state index is 0.00727. The molecule has 2 aromatic heterocycles. The third-order valence-corrected chi connectivity index (χ3v) is 4.70. The lowest BCUT2D eigenvalue weighted by molar-refractivity contribution is -0.134. The molecule has 8 nitrogen and oxygen atoms in total. The minimum Gasteiger partial charge on any atom is -0.423 e. The van der Waals surface area contributed by atoms with E-state index in [2.05, 4.69) is 4.98 Å². The van der Waals surface area contributed by atoms with Crippen molar-refractivity contribution < 1.29 is 19.1 Å². The van der Waals surface area contributed by atoms with E-state index in [1.54, 1.807) is 0 Å². The summed E-state index contributed by atoms with van der Waals surface area (Å²) >= 11 is 1.21. The number of carbonyl (C=O) groups is 2. The Morgan fingerprint density at radius 2 is 1.85 bits per heavy atom. The topological polar surface area (TPSA) is 111 Å². The quantitative estimate of drug-likeness (QED) is 0.501. The van der Waals surface area contributed by atoms with Gasteiger partial charge in [-0.05, 0) is 6.42 Å². The molecule has 0 bridgehead atoms. The van der Waals surface area contributed by atoms with Crippen LogP contribution in [-0.4, -0.2) is 21.3 Å². The summed E-state index contributed by atoms with van der Waals surface area (Å²) in [6, 6.07) is 4.88. The van der Waals surface area contributed by atoms with Crippen LogP contribution in [0.3, 0.4) is 0 Å². The maximum absolute atomic E-state index is 12.8. The monoisotopic (exact) mass is 385 g/mol. The van der Waals surface area contributed by atoms with E-state index in [9.17, 15) is 19.6 Å². The molecule has 3 rings (SSSR count). The molecular weight excluding hydrogens is 370 g/mol. The first-order valence-electron chi connectivity index (χ1n) is 8.14. The van der Waals surface area contributed by atoms with Gasteiger partial charge in [0, 0.05) is 26.0 Å². The number of thiazole rings is 1. The molecule has 0 spiro atoms. The van der Waals surface area contributed by atoms with Crippen LogP contribution < -0.4 is 15.0 Å². The van der Waals surface area contributed by atoms with Crippen molar-refractivity contribution >= 4 is 38.5 Å². The zero-order valence-corrected chi connectivity index (χ0v) is 15.7. The number of esters is 2. The molecule has 0 N–H and O–H groups in total. The molecule has 0 atom stereocenters. The van der Waals surface area contributed by atoms with Crippen molar-refractivity contribution in [2.45, 2.75) is 33.6 Å². The molecule has 1 aromatic carbocycles. The summed E-state index contributed by atoms with van der Waals surface area (Å²) in [7, 11) is 0. The maximum Gasteiger partial charge on any atom is 0.308 e. The van der Waals surface area contributed by atoms with Gasteiger partial charge in [0.15, 0.2) is 16.5 Å². The lowest BCUT2D eigenvalue weighted by atomic mass is 10.1. The van der Waals surface area contributed by atoms with Crippen LogP contribution in [0.15, 0.2) is 16.9 Å². The SMILES string of the molecule is CCCc1nc2sc3cc(OC(C)=O)c(OC(C)=O)cc3n2c(=O)c1C#N. The predicted octanol–water partition coefficient (Wildman–Crippen LogP) is 2.58. The van der Waals surface area contributed by atoms with Crippen molar-refractivity contribution in [3.63, 3.8) is 0 Å². The molecule has 0 unspecified atom stereocenters. The first-order chi connectivity index (χ1) is 12.8. The van der Waals surface area contributed by atoms with E-state index in [1.807, 2.05) is 13.0 Å². The van der Waals surface area contributed by atoms with Crippen molar-refractivity contribution in [2.75, 3.05) is 0 Å². The van der Waals surface area contributed by atoms with Crippen LogP contribution >= 0.6 is 11.3 Å². The molecule has 0 saturated carbocycles. The smallest absolute Gasteiger partial charge is 0.308 e. The van der Waals surface area contributed by atoms with E-state index in [0.717, 1.165) is 6.42 Å². The maximum atomic E-state index is 12.8. The van der Waals surface area contributed by atoms with Gasteiger partial charge in [0.2, 0.25) is 0 Å². The Labute approximate surface area is 157 Å². The van der Waals surface area contributed by atoms with Gasteiger partial charge in [0.05, 0.1) is 15.9 Å². The van der Waals surface area contributed by atoms with Gasteiger partial charge in [-0.25, -0.2) is 9.38 Å². The van der Waals surface area contributed by atoms with Gasteiger partial charge in [0.1, 0.15) is 11.6 Å². The number of rotatable bonds is 4. The van der Waals surface area contributed by atoms with Gasteiger partial charge in [-0.15, -0.1) is 0 Å². The molecule has 0 amide bonds. The van der Waals surface area contributed by atoms with Crippen LogP contribution in [-0.2, 0) is 16.0 Å². The standard InChI is InChI=1S/C18H15N3O5S/c1-4-5-12-11(8-19)17(24)21-13-6-14(25-9(2)22)15(26-10(3)23)7-16(13)27-18(21)20-12/h6-7H,4-5H2,1-3H3. The highest BCUT2D eigenvalue weighted by Crippen LogP contribution is 2.36. The second kappa shape index (κ2) is 7.17. The van der Waals surface area contributed by atoms with E-state index in [1.165, 1.54) is 41.7 Å². The third kappa shape index (κ3) is 3.39. The number of ether oxygens (including phenoxy) is 2. The Bertz CT molecular complexity index is 1190. The summed E-state index contributed by atoms with van der Waals surface area (Å²) in [4.78, 5) is 40.4. The number of hydrogen-bond acceptors (Lipinski definition) is 8. The second-order valence-electron chi connectivity index (χ2n) is 5.77. The summed E-state index contributed by atoms with van der Waals surface area (Å²) in [6.07, 6.45) is 1.26. The van der Waals surface area contributed by atoms with Crippen molar-refractivity contribution in [3.8, 4) is 17.6 Å². The molecular formula is C18H15N3O5S. The van der Waals surface area contributed by atoms with E-state index in [0.29, 0.717) is 27.3 Å².